The maximum absolute atomic E-state index is 11.6. The summed E-state index contributed by atoms with van der Waals surface area (Å²) in [6.07, 6.45) is 6.00. The normalized spacial score (nSPS) is 25.5. The summed E-state index contributed by atoms with van der Waals surface area (Å²) in [6, 6.07) is -0.0918. The lowest BCUT2D eigenvalue weighted by molar-refractivity contribution is -0.124. The second kappa shape index (κ2) is 4.67. The van der Waals surface area contributed by atoms with Crippen molar-refractivity contribution in [2.45, 2.75) is 25.8 Å². The Morgan fingerprint density at radius 3 is 2.80 bits per heavy atom. The maximum Gasteiger partial charge on any atom is 0.224 e. The van der Waals surface area contributed by atoms with Gasteiger partial charge in [0.25, 0.3) is 0 Å². The fourth-order valence-corrected chi connectivity index (χ4v) is 3.33. The molecule has 2 atom stereocenters. The highest BCUT2D eigenvalue weighted by Gasteiger charge is 2.33. The summed E-state index contributed by atoms with van der Waals surface area (Å²) < 4.78 is 22.3. The number of rotatable bonds is 3. The van der Waals surface area contributed by atoms with E-state index in [4.69, 9.17) is 6.42 Å². The number of carbonyl (C=O) groups is 1. The minimum atomic E-state index is -2.99. The van der Waals surface area contributed by atoms with E-state index in [9.17, 15) is 13.2 Å². The van der Waals surface area contributed by atoms with Gasteiger partial charge in [0.05, 0.1) is 17.4 Å². The van der Waals surface area contributed by atoms with E-state index in [-0.39, 0.29) is 23.5 Å². The van der Waals surface area contributed by atoms with Gasteiger partial charge >= 0.3 is 0 Å². The van der Waals surface area contributed by atoms with E-state index in [0.29, 0.717) is 12.8 Å². The first-order valence-electron chi connectivity index (χ1n) is 4.89. The van der Waals surface area contributed by atoms with Crippen LogP contribution in [0.25, 0.3) is 0 Å². The van der Waals surface area contributed by atoms with Crippen LogP contribution in [0.4, 0.5) is 0 Å². The fourth-order valence-electron chi connectivity index (χ4n) is 1.59. The van der Waals surface area contributed by atoms with E-state index in [0.717, 1.165) is 0 Å². The highest BCUT2D eigenvalue weighted by molar-refractivity contribution is 7.91. The van der Waals surface area contributed by atoms with Gasteiger partial charge in [-0.25, -0.2) is 8.42 Å². The molecule has 0 radical (unpaired) electrons. The molecule has 5 heteroatoms. The number of sulfone groups is 1. The third kappa shape index (κ3) is 3.56. The summed E-state index contributed by atoms with van der Waals surface area (Å²) in [5.74, 6) is 1.95. The van der Waals surface area contributed by atoms with Crippen molar-refractivity contribution in [3.8, 4) is 12.3 Å². The van der Waals surface area contributed by atoms with Gasteiger partial charge in [-0.15, -0.1) is 12.3 Å². The standard InChI is InChI=1S/C10H15NO3S/c1-3-4-8(2)11-10(12)9-5-6-15(13,14)7-9/h1,8-9H,4-7H2,2H3,(H,11,12). The molecule has 1 aliphatic rings. The van der Waals surface area contributed by atoms with Crippen LogP contribution in [0.1, 0.15) is 19.8 Å². The monoisotopic (exact) mass is 229 g/mol. The second-order valence-electron chi connectivity index (χ2n) is 3.92. The highest BCUT2D eigenvalue weighted by atomic mass is 32.2. The van der Waals surface area contributed by atoms with E-state index in [1.165, 1.54) is 0 Å². The van der Waals surface area contributed by atoms with Crippen LogP contribution in [-0.2, 0) is 14.6 Å². The summed E-state index contributed by atoms with van der Waals surface area (Å²) in [5, 5.41) is 2.71. The van der Waals surface area contributed by atoms with Gasteiger partial charge in [0.2, 0.25) is 5.91 Å². The van der Waals surface area contributed by atoms with Crippen LogP contribution in [0.15, 0.2) is 0 Å². The van der Waals surface area contributed by atoms with Gasteiger partial charge in [-0.2, -0.15) is 0 Å². The van der Waals surface area contributed by atoms with Gasteiger partial charge in [0.1, 0.15) is 0 Å². The summed E-state index contributed by atoms with van der Waals surface area (Å²) in [4.78, 5) is 11.6. The first-order chi connectivity index (χ1) is 6.94. The topological polar surface area (TPSA) is 63.2 Å². The number of hydrogen-bond acceptors (Lipinski definition) is 3. The Morgan fingerprint density at radius 1 is 1.67 bits per heavy atom. The zero-order chi connectivity index (χ0) is 11.5. The molecule has 0 aromatic rings. The molecule has 4 nitrogen and oxygen atoms in total. The van der Waals surface area contributed by atoms with E-state index >= 15 is 0 Å². The van der Waals surface area contributed by atoms with Crippen LogP contribution in [-0.4, -0.2) is 31.9 Å². The zero-order valence-corrected chi connectivity index (χ0v) is 9.51. The number of terminal acetylenes is 1. The predicted molar refractivity (Wildman–Crippen MR) is 57.8 cm³/mol. The molecule has 0 bridgehead atoms. The van der Waals surface area contributed by atoms with Gasteiger partial charge < -0.3 is 5.32 Å². The maximum atomic E-state index is 11.6. The minimum Gasteiger partial charge on any atom is -0.352 e. The lowest BCUT2D eigenvalue weighted by Gasteiger charge is -2.13. The minimum absolute atomic E-state index is 0.0262. The highest BCUT2D eigenvalue weighted by Crippen LogP contribution is 2.18. The van der Waals surface area contributed by atoms with Gasteiger partial charge in [0.15, 0.2) is 9.84 Å². The lowest BCUT2D eigenvalue weighted by atomic mass is 10.1. The molecule has 1 aliphatic heterocycles. The molecule has 15 heavy (non-hydrogen) atoms. The van der Waals surface area contributed by atoms with Gasteiger partial charge in [-0.3, -0.25) is 4.79 Å². The second-order valence-corrected chi connectivity index (χ2v) is 6.15. The fraction of sp³-hybridized carbons (Fsp3) is 0.700. The van der Waals surface area contributed by atoms with Crippen molar-refractivity contribution in [1.29, 1.82) is 0 Å². The number of hydrogen-bond donors (Lipinski definition) is 1. The summed E-state index contributed by atoms with van der Waals surface area (Å²) in [7, 11) is -2.99. The van der Waals surface area contributed by atoms with Crippen LogP contribution >= 0.6 is 0 Å². The smallest absolute Gasteiger partial charge is 0.224 e. The molecule has 84 valence electrons. The summed E-state index contributed by atoms with van der Waals surface area (Å²) in [5.41, 5.74) is 0. The van der Waals surface area contributed by atoms with Crippen LogP contribution in [0.5, 0.6) is 0 Å². The van der Waals surface area contributed by atoms with Crippen LogP contribution < -0.4 is 5.32 Å². The first kappa shape index (κ1) is 12.1. The Kier molecular flexibility index (Phi) is 3.75. The molecular weight excluding hydrogens is 214 g/mol. The average Bonchev–Trinajstić information content (AvgIpc) is 2.46. The van der Waals surface area contributed by atoms with Crippen molar-refractivity contribution in [2.75, 3.05) is 11.5 Å². The number of nitrogens with one attached hydrogen (secondary N) is 1. The van der Waals surface area contributed by atoms with Crippen LogP contribution in [0.3, 0.4) is 0 Å². The quantitative estimate of drug-likeness (QED) is 0.690. The lowest BCUT2D eigenvalue weighted by Crippen LogP contribution is -2.37. The molecule has 1 heterocycles. The molecule has 1 fully saturated rings. The predicted octanol–water partition coefficient (Wildman–Crippen LogP) is -0.0509. The van der Waals surface area contributed by atoms with Crippen LogP contribution in [0.2, 0.25) is 0 Å². The van der Waals surface area contributed by atoms with Gasteiger partial charge in [-0.05, 0) is 13.3 Å². The van der Waals surface area contributed by atoms with Crippen LogP contribution in [0, 0.1) is 18.3 Å². The van der Waals surface area contributed by atoms with Crippen molar-refractivity contribution < 1.29 is 13.2 Å². The SMILES string of the molecule is C#CCC(C)NC(=O)C1CCS(=O)(=O)C1. The van der Waals surface area contributed by atoms with Crippen molar-refractivity contribution in [2.24, 2.45) is 5.92 Å². The molecule has 0 spiro atoms. The molecule has 1 amide bonds. The van der Waals surface area contributed by atoms with E-state index < -0.39 is 15.8 Å². The largest absolute Gasteiger partial charge is 0.352 e. The zero-order valence-electron chi connectivity index (χ0n) is 8.69. The molecule has 0 aromatic carbocycles. The molecule has 1 N–H and O–H groups in total. The molecule has 0 aromatic heterocycles. The molecule has 1 saturated heterocycles. The number of amides is 1. The van der Waals surface area contributed by atoms with Crippen molar-refractivity contribution in [1.82, 2.24) is 5.32 Å². The molecule has 1 rings (SSSR count). The average molecular weight is 229 g/mol. The van der Waals surface area contributed by atoms with Gasteiger partial charge in [0, 0.05) is 12.5 Å². The van der Waals surface area contributed by atoms with Crippen molar-refractivity contribution >= 4 is 15.7 Å². The molecule has 0 aliphatic carbocycles. The Balaban J connectivity index is 2.46. The van der Waals surface area contributed by atoms with Gasteiger partial charge in [-0.1, -0.05) is 0 Å². The number of carbonyl (C=O) groups excluding carboxylic acids is 1. The van der Waals surface area contributed by atoms with E-state index in [1.54, 1.807) is 6.92 Å². The molecule has 0 saturated carbocycles. The van der Waals surface area contributed by atoms with E-state index in [1.807, 2.05) is 0 Å². The van der Waals surface area contributed by atoms with Crippen molar-refractivity contribution in [3.63, 3.8) is 0 Å². The summed E-state index contributed by atoms with van der Waals surface area (Å²) in [6.45, 7) is 1.81. The first-order valence-corrected chi connectivity index (χ1v) is 6.71. The van der Waals surface area contributed by atoms with Crippen molar-refractivity contribution in [3.05, 3.63) is 0 Å². The van der Waals surface area contributed by atoms with E-state index in [2.05, 4.69) is 11.2 Å². The Labute approximate surface area is 90.4 Å². The Morgan fingerprint density at radius 2 is 2.33 bits per heavy atom. The molecular formula is C10H15NO3S. The third-order valence-corrected chi connectivity index (χ3v) is 4.18. The third-order valence-electron chi connectivity index (χ3n) is 2.42. The molecule has 2 unspecified atom stereocenters. The Hall–Kier alpha value is -1.02. The Bertz CT molecular complexity index is 380. The summed E-state index contributed by atoms with van der Waals surface area (Å²) >= 11 is 0.